The third kappa shape index (κ3) is 4.63. The summed E-state index contributed by atoms with van der Waals surface area (Å²) in [5, 5.41) is 9.07. The second-order valence-electron chi connectivity index (χ2n) is 8.30. The van der Waals surface area contributed by atoms with E-state index in [0.29, 0.717) is 25.4 Å². The van der Waals surface area contributed by atoms with E-state index in [9.17, 15) is 4.79 Å². The summed E-state index contributed by atoms with van der Waals surface area (Å²) in [6.45, 7) is 3.15. The maximum atomic E-state index is 11.1. The lowest BCUT2D eigenvalue weighted by Crippen LogP contribution is -2.36. The Morgan fingerprint density at radius 3 is 2.09 bits per heavy atom. The molecule has 4 rings (SSSR count). The highest BCUT2D eigenvalue weighted by atomic mass is 16.5. The van der Waals surface area contributed by atoms with Crippen molar-refractivity contribution in [1.29, 1.82) is 0 Å². The first-order valence-electron chi connectivity index (χ1n) is 10.8. The summed E-state index contributed by atoms with van der Waals surface area (Å²) in [6, 6.07) is 24.3. The normalized spacial score (nSPS) is 17.7. The first kappa shape index (κ1) is 21.9. The Balaban J connectivity index is 1.24. The Bertz CT molecular complexity index is 1060. The summed E-state index contributed by atoms with van der Waals surface area (Å²) < 4.78 is 16.5. The second-order valence-corrected chi connectivity index (χ2v) is 8.30. The number of fused-ring (bicyclic) bond motifs is 1. The predicted molar refractivity (Wildman–Crippen MR) is 123 cm³/mol. The maximum absolute atomic E-state index is 11.1. The van der Waals surface area contributed by atoms with Crippen molar-refractivity contribution in [1.82, 2.24) is 0 Å². The molecular weight excluding hydrogens is 404 g/mol. The Morgan fingerprint density at radius 2 is 1.53 bits per heavy atom. The van der Waals surface area contributed by atoms with E-state index >= 15 is 0 Å². The summed E-state index contributed by atoms with van der Waals surface area (Å²) in [4.78, 5) is 11.1. The smallest absolute Gasteiger partial charge is 0.333 e. The molecule has 2 atom stereocenters. The monoisotopic (exact) mass is 432 g/mol. The summed E-state index contributed by atoms with van der Waals surface area (Å²) in [7, 11) is 1.40. The predicted octanol–water partition coefficient (Wildman–Crippen LogP) is 4.65. The van der Waals surface area contributed by atoms with Gasteiger partial charge in [-0.15, -0.1) is 0 Å². The zero-order valence-electron chi connectivity index (χ0n) is 18.4. The Morgan fingerprint density at radius 1 is 0.938 bits per heavy atom. The molecule has 1 aliphatic rings. The fourth-order valence-electron chi connectivity index (χ4n) is 4.29. The zero-order chi connectivity index (χ0) is 22.6. The molecule has 3 aromatic rings. The van der Waals surface area contributed by atoms with E-state index in [1.54, 1.807) is 0 Å². The van der Waals surface area contributed by atoms with E-state index < -0.39 is 12.1 Å². The van der Waals surface area contributed by atoms with E-state index in [2.05, 4.69) is 43.3 Å². The van der Waals surface area contributed by atoms with E-state index in [-0.39, 0.29) is 5.41 Å². The summed E-state index contributed by atoms with van der Waals surface area (Å²) >= 11 is 0. The van der Waals surface area contributed by atoms with Crippen molar-refractivity contribution in [3.05, 3.63) is 95.1 Å². The lowest BCUT2D eigenvalue weighted by atomic mass is 9.62. The average molecular weight is 433 g/mol. The lowest BCUT2D eigenvalue weighted by Gasteiger charge is -2.41. The molecule has 1 unspecified atom stereocenters. The number of carboxylic acid groups (broad SMARTS) is 1. The lowest BCUT2D eigenvalue weighted by molar-refractivity contribution is -0.148. The second kappa shape index (κ2) is 9.45. The molecule has 1 aliphatic carbocycles. The van der Waals surface area contributed by atoms with Crippen LogP contribution in [0.25, 0.3) is 0 Å². The maximum Gasteiger partial charge on any atom is 0.333 e. The largest absolute Gasteiger partial charge is 0.490 e. The molecule has 0 bridgehead atoms. The van der Waals surface area contributed by atoms with E-state index in [4.69, 9.17) is 19.3 Å². The van der Waals surface area contributed by atoms with Gasteiger partial charge >= 0.3 is 5.97 Å². The molecule has 0 aliphatic heterocycles. The number of methoxy groups -OCH3 is 1. The molecule has 1 N–H and O–H groups in total. The average Bonchev–Trinajstić information content (AvgIpc) is 2.80. The highest BCUT2D eigenvalue weighted by molar-refractivity contribution is 5.72. The van der Waals surface area contributed by atoms with Gasteiger partial charge in [0.1, 0.15) is 24.7 Å². The van der Waals surface area contributed by atoms with Gasteiger partial charge in [0.2, 0.25) is 0 Å². The van der Waals surface area contributed by atoms with Crippen LogP contribution in [0.5, 0.6) is 11.5 Å². The molecule has 5 heteroatoms. The number of hydrogen-bond donors (Lipinski definition) is 1. The van der Waals surface area contributed by atoms with Crippen LogP contribution in [0.2, 0.25) is 0 Å². The van der Waals surface area contributed by atoms with Crippen molar-refractivity contribution in [3.63, 3.8) is 0 Å². The van der Waals surface area contributed by atoms with Crippen molar-refractivity contribution in [2.24, 2.45) is 0 Å². The minimum absolute atomic E-state index is 0.0815. The first-order valence-corrected chi connectivity index (χ1v) is 10.8. The van der Waals surface area contributed by atoms with Crippen LogP contribution in [0, 0.1) is 0 Å². The number of ether oxygens (including phenoxy) is 3. The molecule has 0 spiro atoms. The molecule has 3 aromatic carbocycles. The van der Waals surface area contributed by atoms with Gasteiger partial charge in [-0.1, -0.05) is 55.5 Å². The van der Waals surface area contributed by atoms with Gasteiger partial charge in [0, 0.05) is 18.9 Å². The van der Waals surface area contributed by atoms with Gasteiger partial charge < -0.3 is 19.3 Å². The minimum atomic E-state index is -0.968. The molecular formula is C27H28O5. The van der Waals surface area contributed by atoms with Crippen LogP contribution in [0.4, 0.5) is 0 Å². The van der Waals surface area contributed by atoms with Gasteiger partial charge in [0.25, 0.3) is 0 Å². The van der Waals surface area contributed by atoms with Crippen LogP contribution in [0.15, 0.2) is 72.8 Å². The fourth-order valence-corrected chi connectivity index (χ4v) is 4.29. The first-order chi connectivity index (χ1) is 15.5. The molecule has 0 radical (unpaired) electrons. The molecule has 166 valence electrons. The van der Waals surface area contributed by atoms with Gasteiger partial charge in [-0.05, 0) is 52.9 Å². The number of aliphatic carboxylic acids is 1. The molecule has 0 aromatic heterocycles. The van der Waals surface area contributed by atoms with Crippen LogP contribution < -0.4 is 9.47 Å². The van der Waals surface area contributed by atoms with Crippen LogP contribution in [0.1, 0.15) is 29.2 Å². The van der Waals surface area contributed by atoms with Gasteiger partial charge in [-0.2, -0.15) is 0 Å². The summed E-state index contributed by atoms with van der Waals surface area (Å²) in [5.41, 5.74) is 5.11. The summed E-state index contributed by atoms with van der Waals surface area (Å²) in [6.07, 6.45) is 0.539. The fraction of sp³-hybridized carbons (Fsp3) is 0.296. The van der Waals surface area contributed by atoms with E-state index in [1.165, 1.54) is 23.8 Å². The van der Waals surface area contributed by atoms with Crippen LogP contribution >= 0.6 is 0 Å². The third-order valence-electron chi connectivity index (χ3n) is 6.17. The Labute approximate surface area is 188 Å². The standard InChI is InChI=1S/C27H28O5/c1-27(18-20-5-3-4-6-24(20)27)21-9-13-23(14-10-21)32-16-15-31-22-11-7-19(8-12-22)17-25(30-2)26(28)29/h3-14,25H,15-18H2,1-2H3,(H,28,29)/t25-,27?/m0/s1. The highest BCUT2D eigenvalue weighted by Crippen LogP contribution is 2.45. The number of hydrogen-bond acceptors (Lipinski definition) is 4. The van der Waals surface area contributed by atoms with Crippen LogP contribution in [-0.4, -0.2) is 37.5 Å². The molecule has 32 heavy (non-hydrogen) atoms. The quantitative estimate of drug-likeness (QED) is 0.473. The molecule has 0 heterocycles. The Hall–Kier alpha value is -3.31. The molecule has 0 fully saturated rings. The molecule has 0 saturated heterocycles. The molecule has 5 nitrogen and oxygen atoms in total. The molecule has 0 amide bonds. The van der Waals surface area contributed by atoms with Gasteiger partial charge in [0.15, 0.2) is 6.10 Å². The van der Waals surface area contributed by atoms with Crippen molar-refractivity contribution >= 4 is 5.97 Å². The third-order valence-corrected chi connectivity index (χ3v) is 6.17. The Kier molecular flexibility index (Phi) is 6.47. The number of benzene rings is 3. The number of carboxylic acids is 1. The van der Waals surface area contributed by atoms with Crippen molar-refractivity contribution in [2.75, 3.05) is 20.3 Å². The SMILES string of the molecule is CO[C@@H](Cc1ccc(OCCOc2ccc(C3(C)Cc4ccccc43)cc2)cc1)C(=O)O. The van der Waals surface area contributed by atoms with Crippen LogP contribution in [0.3, 0.4) is 0 Å². The van der Waals surface area contributed by atoms with Crippen molar-refractivity contribution in [3.8, 4) is 11.5 Å². The zero-order valence-corrected chi connectivity index (χ0v) is 18.4. The summed E-state index contributed by atoms with van der Waals surface area (Å²) in [5.74, 6) is 0.571. The molecule has 0 saturated carbocycles. The van der Waals surface area contributed by atoms with Gasteiger partial charge in [-0.25, -0.2) is 4.79 Å². The van der Waals surface area contributed by atoms with Gasteiger partial charge in [0.05, 0.1) is 0 Å². The van der Waals surface area contributed by atoms with E-state index in [1.807, 2.05) is 36.4 Å². The van der Waals surface area contributed by atoms with Crippen molar-refractivity contribution in [2.45, 2.75) is 31.3 Å². The van der Waals surface area contributed by atoms with Gasteiger partial charge in [-0.3, -0.25) is 0 Å². The minimum Gasteiger partial charge on any atom is -0.490 e. The number of rotatable bonds is 10. The van der Waals surface area contributed by atoms with E-state index in [0.717, 1.165) is 17.7 Å². The topological polar surface area (TPSA) is 65.0 Å². The van der Waals surface area contributed by atoms with Crippen LogP contribution in [-0.2, 0) is 27.8 Å². The van der Waals surface area contributed by atoms with Crippen molar-refractivity contribution < 1.29 is 24.1 Å². The number of carbonyl (C=O) groups is 1. The highest BCUT2D eigenvalue weighted by Gasteiger charge is 2.39.